The number of amides is 1. The van der Waals surface area contributed by atoms with Gasteiger partial charge >= 0.3 is 0 Å². The number of thioether (sulfide) groups is 1. The standard InChI is InChI=1S/C22H27NO4S/c1-15(2)22(16-5-10-19-20(13-16)27-12-4-11-26-19)23-21(24)14-28-18-8-6-17(25-3)7-9-18/h5-10,13,15,22H,4,11-12,14H2,1-3H3,(H,23,24)/t22-/m1/s1. The number of hydrogen-bond acceptors (Lipinski definition) is 5. The number of carbonyl (C=O) groups excluding carboxylic acids is 1. The molecule has 5 nitrogen and oxygen atoms in total. The van der Waals surface area contributed by atoms with Crippen molar-refractivity contribution in [1.29, 1.82) is 0 Å². The molecule has 0 aliphatic carbocycles. The van der Waals surface area contributed by atoms with Gasteiger partial charge in [-0.1, -0.05) is 19.9 Å². The molecule has 0 saturated carbocycles. The van der Waals surface area contributed by atoms with Gasteiger partial charge in [-0.05, 0) is 47.9 Å². The molecule has 150 valence electrons. The predicted octanol–water partition coefficient (Wildman–Crippen LogP) is 4.46. The monoisotopic (exact) mass is 401 g/mol. The van der Waals surface area contributed by atoms with E-state index in [0.29, 0.717) is 19.0 Å². The van der Waals surface area contributed by atoms with E-state index in [4.69, 9.17) is 14.2 Å². The second-order valence-electron chi connectivity index (χ2n) is 7.01. The van der Waals surface area contributed by atoms with E-state index in [9.17, 15) is 4.79 Å². The van der Waals surface area contributed by atoms with Crippen molar-refractivity contribution in [2.24, 2.45) is 5.92 Å². The maximum absolute atomic E-state index is 12.6. The molecule has 1 aliphatic heterocycles. The fourth-order valence-corrected chi connectivity index (χ4v) is 3.75. The quantitative estimate of drug-likeness (QED) is 0.694. The number of hydrogen-bond donors (Lipinski definition) is 1. The summed E-state index contributed by atoms with van der Waals surface area (Å²) < 4.78 is 16.7. The molecule has 2 aromatic rings. The number of ether oxygens (including phenoxy) is 3. The maximum atomic E-state index is 12.6. The zero-order valence-corrected chi connectivity index (χ0v) is 17.4. The average molecular weight is 402 g/mol. The Morgan fingerprint density at radius 1 is 1.11 bits per heavy atom. The Balaban J connectivity index is 1.63. The molecule has 0 saturated heterocycles. The van der Waals surface area contributed by atoms with Crippen LogP contribution in [0.15, 0.2) is 47.4 Å². The lowest BCUT2D eigenvalue weighted by Crippen LogP contribution is -2.33. The first-order valence-corrected chi connectivity index (χ1v) is 10.5. The minimum Gasteiger partial charge on any atom is -0.497 e. The highest BCUT2D eigenvalue weighted by molar-refractivity contribution is 8.00. The van der Waals surface area contributed by atoms with Gasteiger partial charge in [-0.2, -0.15) is 0 Å². The third kappa shape index (κ3) is 5.35. The third-order valence-corrected chi connectivity index (χ3v) is 5.56. The zero-order chi connectivity index (χ0) is 19.9. The van der Waals surface area contributed by atoms with Crippen LogP contribution in [0.1, 0.15) is 31.9 Å². The number of carbonyl (C=O) groups is 1. The van der Waals surface area contributed by atoms with Gasteiger partial charge in [0.05, 0.1) is 32.1 Å². The highest BCUT2D eigenvalue weighted by Crippen LogP contribution is 2.34. The first kappa shape index (κ1) is 20.4. The Morgan fingerprint density at radius 2 is 1.82 bits per heavy atom. The summed E-state index contributed by atoms with van der Waals surface area (Å²) in [4.78, 5) is 13.6. The summed E-state index contributed by atoms with van der Waals surface area (Å²) in [6.45, 7) is 5.52. The van der Waals surface area contributed by atoms with Crippen LogP contribution in [0.4, 0.5) is 0 Å². The fraction of sp³-hybridized carbons (Fsp3) is 0.409. The summed E-state index contributed by atoms with van der Waals surface area (Å²) in [5, 5.41) is 3.17. The van der Waals surface area contributed by atoms with Crippen molar-refractivity contribution >= 4 is 17.7 Å². The van der Waals surface area contributed by atoms with E-state index in [1.807, 2.05) is 42.5 Å². The van der Waals surface area contributed by atoms with Crippen LogP contribution in [0.5, 0.6) is 17.2 Å². The van der Waals surface area contributed by atoms with Crippen LogP contribution in [-0.4, -0.2) is 32.0 Å². The fourth-order valence-electron chi connectivity index (χ4n) is 3.04. The summed E-state index contributed by atoms with van der Waals surface area (Å²) in [5.41, 5.74) is 1.03. The number of methoxy groups -OCH3 is 1. The SMILES string of the molecule is COc1ccc(SCC(=O)N[C@@H](c2ccc3c(c2)OCCCO3)C(C)C)cc1. The normalized spacial score (nSPS) is 14.3. The second-order valence-corrected chi connectivity index (χ2v) is 8.06. The van der Waals surface area contributed by atoms with Crippen LogP contribution < -0.4 is 19.5 Å². The van der Waals surface area contributed by atoms with Crippen molar-refractivity contribution in [3.63, 3.8) is 0 Å². The first-order valence-electron chi connectivity index (χ1n) is 9.52. The van der Waals surface area contributed by atoms with Crippen molar-refractivity contribution in [3.8, 4) is 17.2 Å². The molecule has 0 fully saturated rings. The molecule has 0 aromatic heterocycles. The van der Waals surface area contributed by atoms with Gasteiger partial charge in [-0.3, -0.25) is 4.79 Å². The van der Waals surface area contributed by atoms with E-state index in [1.165, 1.54) is 11.8 Å². The lowest BCUT2D eigenvalue weighted by Gasteiger charge is -2.24. The molecule has 0 unspecified atom stereocenters. The highest BCUT2D eigenvalue weighted by atomic mass is 32.2. The van der Waals surface area contributed by atoms with E-state index in [1.54, 1.807) is 7.11 Å². The van der Waals surface area contributed by atoms with Gasteiger partial charge in [0.2, 0.25) is 5.91 Å². The Morgan fingerprint density at radius 3 is 2.50 bits per heavy atom. The van der Waals surface area contributed by atoms with Gasteiger partial charge < -0.3 is 19.5 Å². The van der Waals surface area contributed by atoms with E-state index in [-0.39, 0.29) is 17.9 Å². The minimum atomic E-state index is -0.0823. The molecule has 2 aromatic carbocycles. The van der Waals surface area contributed by atoms with Crippen molar-refractivity contribution in [3.05, 3.63) is 48.0 Å². The first-order chi connectivity index (χ1) is 13.6. The van der Waals surface area contributed by atoms with Crippen LogP contribution in [0.25, 0.3) is 0 Å². The van der Waals surface area contributed by atoms with Gasteiger partial charge in [0.1, 0.15) is 5.75 Å². The molecule has 1 N–H and O–H groups in total. The second kappa shape index (κ2) is 9.73. The van der Waals surface area contributed by atoms with E-state index in [2.05, 4.69) is 19.2 Å². The summed E-state index contributed by atoms with van der Waals surface area (Å²) >= 11 is 1.51. The van der Waals surface area contributed by atoms with Crippen LogP contribution in [0, 0.1) is 5.92 Å². The summed E-state index contributed by atoms with van der Waals surface area (Å²) in [6, 6.07) is 13.6. The number of benzene rings is 2. The van der Waals surface area contributed by atoms with Gasteiger partial charge in [-0.15, -0.1) is 11.8 Å². The number of fused-ring (bicyclic) bond motifs is 1. The largest absolute Gasteiger partial charge is 0.497 e. The predicted molar refractivity (Wildman–Crippen MR) is 111 cm³/mol. The minimum absolute atomic E-state index is 0.00614. The Hall–Kier alpha value is -2.34. The molecule has 1 amide bonds. The van der Waals surface area contributed by atoms with E-state index < -0.39 is 0 Å². The summed E-state index contributed by atoms with van der Waals surface area (Å²) in [7, 11) is 1.64. The number of nitrogens with one attached hydrogen (secondary N) is 1. The van der Waals surface area contributed by atoms with Gasteiger partial charge in [0.25, 0.3) is 0 Å². The molecule has 0 bridgehead atoms. The van der Waals surface area contributed by atoms with Gasteiger partial charge in [0, 0.05) is 11.3 Å². The summed E-state index contributed by atoms with van der Waals surface area (Å²) in [5.74, 6) is 2.95. The average Bonchev–Trinajstić information content (AvgIpc) is 2.95. The van der Waals surface area contributed by atoms with Crippen LogP contribution in [-0.2, 0) is 4.79 Å². The molecule has 1 aliphatic rings. The summed E-state index contributed by atoms with van der Waals surface area (Å²) in [6.07, 6.45) is 0.872. The van der Waals surface area contributed by atoms with Crippen molar-refractivity contribution in [2.45, 2.75) is 31.2 Å². The maximum Gasteiger partial charge on any atom is 0.230 e. The van der Waals surface area contributed by atoms with Gasteiger partial charge in [0.15, 0.2) is 11.5 Å². The van der Waals surface area contributed by atoms with Crippen LogP contribution in [0.3, 0.4) is 0 Å². The Kier molecular flexibility index (Phi) is 7.09. The van der Waals surface area contributed by atoms with Crippen molar-refractivity contribution in [1.82, 2.24) is 5.32 Å². The van der Waals surface area contributed by atoms with Crippen molar-refractivity contribution in [2.75, 3.05) is 26.1 Å². The van der Waals surface area contributed by atoms with E-state index in [0.717, 1.165) is 34.1 Å². The molecule has 3 rings (SSSR count). The molecule has 28 heavy (non-hydrogen) atoms. The number of rotatable bonds is 7. The molecule has 6 heteroatoms. The van der Waals surface area contributed by atoms with Crippen molar-refractivity contribution < 1.29 is 19.0 Å². The highest BCUT2D eigenvalue weighted by Gasteiger charge is 2.21. The Labute approximate surface area is 170 Å². The lowest BCUT2D eigenvalue weighted by molar-refractivity contribution is -0.119. The molecule has 0 spiro atoms. The molecule has 0 radical (unpaired) electrons. The van der Waals surface area contributed by atoms with Gasteiger partial charge in [-0.25, -0.2) is 0 Å². The topological polar surface area (TPSA) is 56.8 Å². The molecular weight excluding hydrogens is 374 g/mol. The third-order valence-electron chi connectivity index (χ3n) is 4.54. The molecular formula is C22H27NO4S. The zero-order valence-electron chi connectivity index (χ0n) is 16.6. The van der Waals surface area contributed by atoms with E-state index >= 15 is 0 Å². The lowest BCUT2D eigenvalue weighted by atomic mass is 9.95. The molecule has 1 atom stereocenters. The molecule has 1 heterocycles. The van der Waals surface area contributed by atoms with Crippen LogP contribution >= 0.6 is 11.8 Å². The Bertz CT molecular complexity index is 792. The smallest absolute Gasteiger partial charge is 0.230 e. The van der Waals surface area contributed by atoms with Crippen LogP contribution in [0.2, 0.25) is 0 Å².